The molecule has 1 aliphatic carbocycles. The summed E-state index contributed by atoms with van der Waals surface area (Å²) in [6, 6.07) is 15.6. The topological polar surface area (TPSA) is 92.7 Å². The van der Waals surface area contributed by atoms with Gasteiger partial charge in [-0.15, -0.1) is 11.3 Å². The van der Waals surface area contributed by atoms with Crippen LogP contribution in [0, 0.1) is 12.8 Å². The van der Waals surface area contributed by atoms with Gasteiger partial charge in [0.05, 0.1) is 10.6 Å². The Morgan fingerprint density at radius 1 is 1.17 bits per heavy atom. The molecule has 1 saturated carbocycles. The average Bonchev–Trinajstić information content (AvgIpc) is 3.63. The Labute approximate surface area is 208 Å². The summed E-state index contributed by atoms with van der Waals surface area (Å²) in [7, 11) is 0. The number of H-pyrrole nitrogens is 1. The molecule has 3 heterocycles. The number of aryl methyl sites for hydroxylation is 1. The maximum Gasteiger partial charge on any atom is 0.256 e. The summed E-state index contributed by atoms with van der Waals surface area (Å²) in [6.07, 6.45) is 6.84. The van der Waals surface area contributed by atoms with E-state index < -0.39 is 0 Å². The van der Waals surface area contributed by atoms with Crippen LogP contribution in [0.5, 0.6) is 0 Å². The van der Waals surface area contributed by atoms with Crippen molar-refractivity contribution < 1.29 is 4.79 Å². The lowest BCUT2D eigenvalue weighted by molar-refractivity contribution is -0.116. The van der Waals surface area contributed by atoms with E-state index in [-0.39, 0.29) is 11.5 Å². The van der Waals surface area contributed by atoms with Crippen LogP contribution in [-0.2, 0) is 11.2 Å². The third kappa shape index (κ3) is 5.43. The fraction of sp³-hybridized carbons (Fsp3) is 0.333. The molecule has 1 fully saturated rings. The van der Waals surface area contributed by atoms with Gasteiger partial charge in [-0.25, -0.2) is 4.98 Å². The van der Waals surface area contributed by atoms with Crippen molar-refractivity contribution in [3.63, 3.8) is 0 Å². The van der Waals surface area contributed by atoms with Gasteiger partial charge < -0.3 is 5.32 Å². The van der Waals surface area contributed by atoms with Crippen molar-refractivity contribution in [2.75, 3.05) is 5.32 Å². The zero-order valence-corrected chi connectivity index (χ0v) is 20.6. The van der Waals surface area contributed by atoms with E-state index in [1.165, 1.54) is 30.4 Å². The largest absolute Gasteiger partial charge is 0.310 e. The van der Waals surface area contributed by atoms with Gasteiger partial charge in [0.25, 0.3) is 5.56 Å². The Morgan fingerprint density at radius 2 is 1.97 bits per heavy atom. The first-order valence-corrected chi connectivity index (χ1v) is 13.0. The van der Waals surface area contributed by atoms with E-state index in [1.807, 2.05) is 60.8 Å². The molecule has 35 heavy (non-hydrogen) atoms. The molecule has 7 nitrogen and oxygen atoms in total. The highest BCUT2D eigenvalue weighted by Crippen LogP contribution is 2.30. The number of rotatable bonds is 8. The SMILES string of the molecule is Cc1nc(-n2nc(-c3cccs3)cc2NC(=O)CCC2CCCC2)[nH]c(=O)c1Cc1ccccc1. The number of benzene rings is 1. The van der Waals surface area contributed by atoms with Crippen LogP contribution in [-0.4, -0.2) is 25.7 Å². The molecule has 0 spiro atoms. The number of aromatic nitrogens is 4. The first kappa shape index (κ1) is 23.2. The molecule has 0 radical (unpaired) electrons. The fourth-order valence-electron chi connectivity index (χ4n) is 4.72. The van der Waals surface area contributed by atoms with Crippen molar-refractivity contribution in [1.29, 1.82) is 0 Å². The molecule has 5 rings (SSSR count). The average molecular weight is 488 g/mol. The highest BCUT2D eigenvalue weighted by molar-refractivity contribution is 7.13. The zero-order chi connectivity index (χ0) is 24.2. The van der Waals surface area contributed by atoms with E-state index in [2.05, 4.69) is 20.4 Å². The van der Waals surface area contributed by atoms with E-state index in [1.54, 1.807) is 11.3 Å². The summed E-state index contributed by atoms with van der Waals surface area (Å²) in [5.41, 5.74) is 2.82. The number of thiophene rings is 1. The smallest absolute Gasteiger partial charge is 0.256 e. The van der Waals surface area contributed by atoms with Gasteiger partial charge in [0.15, 0.2) is 0 Å². The van der Waals surface area contributed by atoms with Crippen molar-refractivity contribution in [1.82, 2.24) is 19.7 Å². The van der Waals surface area contributed by atoms with Crippen molar-refractivity contribution in [2.24, 2.45) is 5.92 Å². The minimum absolute atomic E-state index is 0.0458. The molecule has 1 amide bonds. The first-order valence-electron chi connectivity index (χ1n) is 12.1. The summed E-state index contributed by atoms with van der Waals surface area (Å²) in [5.74, 6) is 1.39. The van der Waals surface area contributed by atoms with Gasteiger partial charge in [-0.1, -0.05) is 62.1 Å². The molecule has 0 unspecified atom stereocenters. The number of amides is 1. The molecule has 0 atom stereocenters. The molecule has 0 bridgehead atoms. The van der Waals surface area contributed by atoms with Crippen LogP contribution in [0.15, 0.2) is 58.7 Å². The molecule has 8 heteroatoms. The Hall–Kier alpha value is -3.52. The number of hydrogen-bond acceptors (Lipinski definition) is 5. The first-order chi connectivity index (χ1) is 17.1. The Kier molecular flexibility index (Phi) is 6.90. The monoisotopic (exact) mass is 487 g/mol. The number of carbonyl (C=O) groups excluding carboxylic acids is 1. The van der Waals surface area contributed by atoms with Crippen molar-refractivity contribution in [2.45, 2.75) is 51.9 Å². The molecule has 1 aliphatic rings. The van der Waals surface area contributed by atoms with Crippen molar-refractivity contribution in [3.05, 3.63) is 81.1 Å². The number of nitrogens with zero attached hydrogens (tertiary/aromatic N) is 3. The van der Waals surface area contributed by atoms with E-state index in [4.69, 9.17) is 0 Å². The van der Waals surface area contributed by atoms with Crippen LogP contribution in [0.3, 0.4) is 0 Å². The molecule has 180 valence electrons. The maximum atomic E-state index is 13.0. The lowest BCUT2D eigenvalue weighted by Crippen LogP contribution is -2.22. The minimum Gasteiger partial charge on any atom is -0.310 e. The van der Waals surface area contributed by atoms with Gasteiger partial charge in [-0.3, -0.25) is 14.6 Å². The standard InChI is InChI=1S/C27H29N5O2S/c1-18-21(16-20-10-3-2-4-11-20)26(34)30-27(28-18)32-24(17-22(31-32)23-12-7-15-35-23)29-25(33)14-13-19-8-5-6-9-19/h2-4,7,10-12,15,17,19H,5-6,8-9,13-14,16H2,1H3,(H,29,33)(H,28,30,34). The van der Waals surface area contributed by atoms with Crippen molar-refractivity contribution in [3.8, 4) is 16.5 Å². The number of hydrogen-bond donors (Lipinski definition) is 2. The Morgan fingerprint density at radius 3 is 2.69 bits per heavy atom. The van der Waals surface area contributed by atoms with Crippen LogP contribution in [0.2, 0.25) is 0 Å². The molecule has 1 aromatic carbocycles. The minimum atomic E-state index is -0.206. The van der Waals surface area contributed by atoms with Crippen LogP contribution in [0.25, 0.3) is 16.5 Å². The normalized spacial score (nSPS) is 13.9. The molecule has 4 aromatic rings. The van der Waals surface area contributed by atoms with Gasteiger partial charge in [0, 0.05) is 24.5 Å². The summed E-state index contributed by atoms with van der Waals surface area (Å²) in [6.45, 7) is 1.83. The molecular formula is C27H29N5O2S. The number of nitrogens with one attached hydrogen (secondary N) is 2. The summed E-state index contributed by atoms with van der Waals surface area (Å²) < 4.78 is 1.53. The van der Waals surface area contributed by atoms with E-state index in [0.717, 1.165) is 22.6 Å². The van der Waals surface area contributed by atoms with Gasteiger partial charge >= 0.3 is 0 Å². The summed E-state index contributed by atoms with van der Waals surface area (Å²) in [5, 5.41) is 9.68. The number of aromatic amines is 1. The summed E-state index contributed by atoms with van der Waals surface area (Å²) in [4.78, 5) is 34.4. The van der Waals surface area contributed by atoms with Crippen LogP contribution in [0.1, 0.15) is 55.3 Å². The Balaban J connectivity index is 1.43. The number of anilines is 1. The van der Waals surface area contributed by atoms with Crippen LogP contribution >= 0.6 is 11.3 Å². The molecule has 0 aliphatic heterocycles. The predicted molar refractivity (Wildman–Crippen MR) is 139 cm³/mol. The lowest BCUT2D eigenvalue weighted by Gasteiger charge is -2.11. The molecule has 3 aromatic heterocycles. The predicted octanol–water partition coefficient (Wildman–Crippen LogP) is 5.49. The van der Waals surface area contributed by atoms with Gasteiger partial charge in [-0.05, 0) is 36.3 Å². The second-order valence-electron chi connectivity index (χ2n) is 9.16. The number of carbonyl (C=O) groups is 1. The molecular weight excluding hydrogens is 458 g/mol. The molecule has 2 N–H and O–H groups in total. The van der Waals surface area contributed by atoms with Crippen molar-refractivity contribution >= 4 is 23.1 Å². The Bertz CT molecular complexity index is 1350. The van der Waals surface area contributed by atoms with Crippen LogP contribution in [0.4, 0.5) is 5.82 Å². The second-order valence-corrected chi connectivity index (χ2v) is 10.1. The van der Waals surface area contributed by atoms with Crippen LogP contribution < -0.4 is 10.9 Å². The van der Waals surface area contributed by atoms with E-state index in [9.17, 15) is 9.59 Å². The quantitative estimate of drug-likeness (QED) is 0.344. The van der Waals surface area contributed by atoms with Gasteiger partial charge in [-0.2, -0.15) is 9.78 Å². The van der Waals surface area contributed by atoms with E-state index in [0.29, 0.717) is 41.8 Å². The van der Waals surface area contributed by atoms with E-state index >= 15 is 0 Å². The second kappa shape index (κ2) is 10.4. The zero-order valence-electron chi connectivity index (χ0n) is 19.8. The summed E-state index contributed by atoms with van der Waals surface area (Å²) >= 11 is 1.57. The molecule has 0 saturated heterocycles. The highest BCUT2D eigenvalue weighted by Gasteiger charge is 2.20. The maximum absolute atomic E-state index is 13.0. The third-order valence-corrected chi connectivity index (χ3v) is 7.53. The third-order valence-electron chi connectivity index (χ3n) is 6.64. The fourth-order valence-corrected chi connectivity index (χ4v) is 5.40. The highest BCUT2D eigenvalue weighted by atomic mass is 32.1. The lowest BCUT2D eigenvalue weighted by atomic mass is 10.0. The van der Waals surface area contributed by atoms with Gasteiger partial charge in [0.2, 0.25) is 11.9 Å². The van der Waals surface area contributed by atoms with Gasteiger partial charge in [0.1, 0.15) is 11.5 Å².